The second-order valence-corrected chi connectivity index (χ2v) is 6.03. The highest BCUT2D eigenvalue weighted by Gasteiger charge is 2.11. The van der Waals surface area contributed by atoms with Gasteiger partial charge >= 0.3 is 0 Å². The van der Waals surface area contributed by atoms with Gasteiger partial charge in [-0.3, -0.25) is 4.99 Å². The van der Waals surface area contributed by atoms with Crippen molar-refractivity contribution in [2.24, 2.45) is 15.7 Å². The third-order valence-electron chi connectivity index (χ3n) is 3.55. The van der Waals surface area contributed by atoms with Crippen molar-refractivity contribution in [1.82, 2.24) is 0 Å². The number of benzene rings is 1. The molecule has 1 aromatic carbocycles. The molecule has 0 saturated heterocycles. The van der Waals surface area contributed by atoms with Crippen LogP contribution in [0, 0.1) is 6.92 Å². The topological polar surface area (TPSA) is 50.7 Å². The molecule has 0 saturated carbocycles. The Kier molecular flexibility index (Phi) is 8.98. The van der Waals surface area contributed by atoms with Gasteiger partial charge in [0.25, 0.3) is 0 Å². The second-order valence-electron chi connectivity index (χ2n) is 5.29. The Bertz CT molecular complexity index is 686. The predicted octanol–water partition coefficient (Wildman–Crippen LogP) is 5.66. The first kappa shape index (κ1) is 20.6. The highest BCUT2D eigenvalue weighted by molar-refractivity contribution is 6.73. The highest BCUT2D eigenvalue weighted by atomic mass is 35.5. The van der Waals surface area contributed by atoms with Crippen LogP contribution in [0.4, 0.5) is 5.69 Å². The summed E-state index contributed by atoms with van der Waals surface area (Å²) in [7, 11) is 0. The second kappa shape index (κ2) is 10.4. The van der Waals surface area contributed by atoms with Gasteiger partial charge in [-0.25, -0.2) is 4.99 Å². The summed E-state index contributed by atoms with van der Waals surface area (Å²) < 4.78 is 0. The van der Waals surface area contributed by atoms with Crippen molar-refractivity contribution in [2.75, 3.05) is 6.54 Å². The monoisotopic (exact) mass is 365 g/mol. The van der Waals surface area contributed by atoms with Gasteiger partial charge in [0, 0.05) is 5.57 Å². The molecule has 24 heavy (non-hydrogen) atoms. The third-order valence-corrected chi connectivity index (χ3v) is 4.14. The van der Waals surface area contributed by atoms with E-state index in [1.54, 1.807) is 6.08 Å². The lowest BCUT2D eigenvalue weighted by atomic mass is 10.1. The number of rotatable bonds is 7. The number of nitrogens with zero attached hydrogens (tertiary/aromatic N) is 2. The van der Waals surface area contributed by atoms with E-state index < -0.39 is 0 Å². The van der Waals surface area contributed by atoms with Crippen molar-refractivity contribution in [3.63, 3.8) is 0 Å². The molecule has 0 atom stereocenters. The van der Waals surface area contributed by atoms with Gasteiger partial charge < -0.3 is 5.73 Å². The lowest BCUT2D eigenvalue weighted by Gasteiger charge is -2.10. The molecule has 5 heteroatoms. The molecule has 0 fully saturated rings. The maximum atomic E-state index is 6.33. The maximum Gasteiger partial charge on any atom is 0.139 e. The van der Waals surface area contributed by atoms with Crippen molar-refractivity contribution in [2.45, 2.75) is 40.5 Å². The van der Waals surface area contributed by atoms with E-state index in [4.69, 9.17) is 33.9 Å². The fraction of sp³-hybridized carbons (Fsp3) is 0.368. The van der Waals surface area contributed by atoms with E-state index in [1.807, 2.05) is 39.8 Å². The van der Waals surface area contributed by atoms with Crippen molar-refractivity contribution in [3.8, 4) is 0 Å². The zero-order chi connectivity index (χ0) is 18.1. The third kappa shape index (κ3) is 5.90. The number of hydrogen-bond donors (Lipinski definition) is 1. The Morgan fingerprint density at radius 2 is 1.92 bits per heavy atom. The first-order chi connectivity index (χ1) is 11.5. The van der Waals surface area contributed by atoms with E-state index in [2.05, 4.69) is 17.1 Å². The Morgan fingerprint density at radius 1 is 1.21 bits per heavy atom. The Hall–Kier alpha value is -1.42. The van der Waals surface area contributed by atoms with Crippen molar-refractivity contribution < 1.29 is 0 Å². The summed E-state index contributed by atoms with van der Waals surface area (Å²) in [4.78, 5) is 8.98. The van der Waals surface area contributed by atoms with Crippen molar-refractivity contribution in [3.05, 3.63) is 52.2 Å². The maximum absolute atomic E-state index is 6.33. The van der Waals surface area contributed by atoms with Gasteiger partial charge in [0.15, 0.2) is 0 Å². The smallest absolute Gasteiger partial charge is 0.139 e. The quantitative estimate of drug-likeness (QED) is 0.491. The fourth-order valence-electron chi connectivity index (χ4n) is 2.26. The molecule has 0 bridgehead atoms. The minimum atomic E-state index is 0.346. The van der Waals surface area contributed by atoms with E-state index >= 15 is 0 Å². The molecule has 0 radical (unpaired) electrons. The minimum absolute atomic E-state index is 0.346. The summed E-state index contributed by atoms with van der Waals surface area (Å²) in [5.41, 5.74) is 10.5. The molecule has 0 aliphatic heterocycles. The molecule has 0 aliphatic carbocycles. The van der Waals surface area contributed by atoms with Crippen LogP contribution in [0.1, 0.15) is 38.3 Å². The molecule has 0 heterocycles. The summed E-state index contributed by atoms with van der Waals surface area (Å²) in [5.74, 6) is 0. The van der Waals surface area contributed by atoms with E-state index in [-0.39, 0.29) is 0 Å². The molecule has 1 rings (SSSR count). The van der Waals surface area contributed by atoms with Crippen molar-refractivity contribution >= 4 is 39.8 Å². The molecule has 0 amide bonds. The first-order valence-corrected chi connectivity index (χ1v) is 8.82. The van der Waals surface area contributed by atoms with Gasteiger partial charge in [-0.15, -0.1) is 0 Å². The lowest BCUT2D eigenvalue weighted by molar-refractivity contribution is 0.966. The first-order valence-electron chi connectivity index (χ1n) is 8.06. The molecule has 2 N–H and O–H groups in total. The fourth-order valence-corrected chi connectivity index (χ4v) is 2.70. The molecule has 1 aromatic rings. The highest BCUT2D eigenvalue weighted by Crippen LogP contribution is 2.23. The Labute approximate surface area is 155 Å². The van der Waals surface area contributed by atoms with Crippen LogP contribution in [0.25, 0.3) is 0 Å². The summed E-state index contributed by atoms with van der Waals surface area (Å²) in [6.45, 7) is 8.46. The molecule has 0 unspecified atom stereocenters. The molecular weight excluding hydrogens is 341 g/mol. The number of aliphatic imine (C=N–C) groups is 2. The number of halogens is 2. The molecule has 3 nitrogen and oxygen atoms in total. The van der Waals surface area contributed by atoms with E-state index in [0.29, 0.717) is 16.9 Å². The van der Waals surface area contributed by atoms with Crippen LogP contribution in [0.3, 0.4) is 0 Å². The van der Waals surface area contributed by atoms with Crippen LogP contribution >= 0.6 is 23.2 Å². The molecule has 0 aliphatic rings. The molecule has 0 spiro atoms. The number of nitrogens with two attached hydrogens (primary N) is 1. The molecule has 0 aromatic heterocycles. The molecular formula is C19H25Cl2N3. The number of aryl methyl sites for hydroxylation is 1. The van der Waals surface area contributed by atoms with Crippen LogP contribution < -0.4 is 5.73 Å². The van der Waals surface area contributed by atoms with Gasteiger partial charge in [-0.05, 0) is 57.4 Å². The lowest BCUT2D eigenvalue weighted by Crippen LogP contribution is -2.08. The molecule has 130 valence electrons. The Balaban J connectivity index is 3.24. The van der Waals surface area contributed by atoms with Gasteiger partial charge in [0.2, 0.25) is 0 Å². The normalized spacial score (nSPS) is 14.3. The average Bonchev–Trinajstić information content (AvgIpc) is 2.56. The van der Waals surface area contributed by atoms with E-state index in [9.17, 15) is 0 Å². The summed E-state index contributed by atoms with van der Waals surface area (Å²) in [5, 5.41) is 0.704. The van der Waals surface area contributed by atoms with Gasteiger partial charge in [0.05, 0.1) is 11.4 Å². The largest absolute Gasteiger partial charge is 0.330 e. The summed E-state index contributed by atoms with van der Waals surface area (Å²) >= 11 is 12.3. The number of hydrogen-bond acceptors (Lipinski definition) is 3. The standard InChI is InChI=1S/C19H25Cl2N3/c1-5-15(19(21)24-18(20)7-3)16(6-2)23-17-9-8-14(10-11-22)12-13(17)4/h5,7-9,12H,6,10-11,22H2,1-4H3/b15-5-,18-7-,23-16?,24-19+. The number of allylic oxidation sites excluding steroid dienone is 3. The summed E-state index contributed by atoms with van der Waals surface area (Å²) in [6, 6.07) is 6.21. The average molecular weight is 366 g/mol. The SMILES string of the molecule is C\C=C(C(CC)=Nc1ccc(CCN)cc1C)/C(Cl)=N\C(Cl)=C/C. The van der Waals surface area contributed by atoms with E-state index in [1.165, 1.54) is 5.56 Å². The predicted molar refractivity (Wildman–Crippen MR) is 108 cm³/mol. The van der Waals surface area contributed by atoms with Gasteiger partial charge in [-0.1, -0.05) is 54.4 Å². The van der Waals surface area contributed by atoms with Crippen LogP contribution in [0.5, 0.6) is 0 Å². The Morgan fingerprint density at radius 3 is 2.42 bits per heavy atom. The van der Waals surface area contributed by atoms with Crippen LogP contribution in [0.15, 0.2) is 51.1 Å². The van der Waals surface area contributed by atoms with Crippen LogP contribution in [-0.4, -0.2) is 17.4 Å². The van der Waals surface area contributed by atoms with Crippen LogP contribution in [-0.2, 0) is 6.42 Å². The van der Waals surface area contributed by atoms with Crippen molar-refractivity contribution in [1.29, 1.82) is 0 Å². The van der Waals surface area contributed by atoms with E-state index in [0.717, 1.165) is 35.4 Å². The van der Waals surface area contributed by atoms with Gasteiger partial charge in [-0.2, -0.15) is 0 Å². The summed E-state index contributed by atoms with van der Waals surface area (Å²) in [6.07, 6.45) is 5.21. The van der Waals surface area contributed by atoms with Crippen LogP contribution in [0.2, 0.25) is 0 Å². The minimum Gasteiger partial charge on any atom is -0.330 e. The zero-order valence-corrected chi connectivity index (χ0v) is 16.2. The van der Waals surface area contributed by atoms with Gasteiger partial charge in [0.1, 0.15) is 10.3 Å². The zero-order valence-electron chi connectivity index (χ0n) is 14.7.